The molecule has 104 valence electrons. The first kappa shape index (κ1) is 13.9. The Morgan fingerprint density at radius 1 is 1.32 bits per heavy atom. The van der Waals surface area contributed by atoms with E-state index in [1.807, 2.05) is 12.1 Å². The Bertz CT molecular complexity index is 433. The smallest absolute Gasteiger partial charge is 0.220 e. The molecule has 0 aliphatic heterocycles. The molecule has 0 atom stereocenters. The highest BCUT2D eigenvalue weighted by Crippen LogP contribution is 2.41. The predicted molar refractivity (Wildman–Crippen MR) is 76.1 cm³/mol. The van der Waals surface area contributed by atoms with Crippen LogP contribution in [-0.2, 0) is 10.3 Å². The third kappa shape index (κ3) is 3.09. The zero-order valence-electron chi connectivity index (χ0n) is 12.0. The van der Waals surface area contributed by atoms with Crippen LogP contribution in [-0.4, -0.2) is 13.0 Å². The first-order valence-electron chi connectivity index (χ1n) is 7.01. The molecule has 1 saturated carbocycles. The first-order chi connectivity index (χ1) is 9.05. The molecule has 0 heterocycles. The van der Waals surface area contributed by atoms with Crippen molar-refractivity contribution in [1.29, 1.82) is 0 Å². The summed E-state index contributed by atoms with van der Waals surface area (Å²) in [5.41, 5.74) is 1.05. The molecule has 1 fully saturated rings. The van der Waals surface area contributed by atoms with Gasteiger partial charge in [-0.25, -0.2) is 0 Å². The molecule has 1 aromatic carbocycles. The summed E-state index contributed by atoms with van der Waals surface area (Å²) in [4.78, 5) is 12.0. The molecule has 19 heavy (non-hydrogen) atoms. The molecule has 2 rings (SSSR count). The number of rotatable bonds is 5. The van der Waals surface area contributed by atoms with Crippen molar-refractivity contribution in [2.24, 2.45) is 5.92 Å². The van der Waals surface area contributed by atoms with Gasteiger partial charge in [0.2, 0.25) is 5.91 Å². The number of hydrogen-bond acceptors (Lipinski definition) is 2. The monoisotopic (exact) mass is 261 g/mol. The molecule has 1 aliphatic rings. The van der Waals surface area contributed by atoms with Crippen molar-refractivity contribution in [2.75, 3.05) is 7.11 Å². The Morgan fingerprint density at radius 3 is 2.37 bits per heavy atom. The van der Waals surface area contributed by atoms with Crippen LogP contribution in [0.4, 0.5) is 0 Å². The number of methoxy groups -OCH3 is 1. The van der Waals surface area contributed by atoms with Gasteiger partial charge >= 0.3 is 0 Å². The molecule has 1 aromatic rings. The third-order valence-electron chi connectivity index (χ3n) is 3.82. The van der Waals surface area contributed by atoms with Crippen LogP contribution < -0.4 is 10.1 Å². The van der Waals surface area contributed by atoms with Crippen LogP contribution in [0.3, 0.4) is 0 Å². The molecule has 0 radical (unpaired) electrons. The molecule has 0 aromatic heterocycles. The largest absolute Gasteiger partial charge is 0.497 e. The molecule has 1 amide bonds. The fourth-order valence-corrected chi connectivity index (χ4v) is 2.61. The zero-order chi connectivity index (χ0) is 13.9. The van der Waals surface area contributed by atoms with Crippen molar-refractivity contribution in [1.82, 2.24) is 5.32 Å². The number of ether oxygens (including phenoxy) is 1. The Kier molecular flexibility index (Phi) is 4.13. The van der Waals surface area contributed by atoms with E-state index in [9.17, 15) is 4.79 Å². The van der Waals surface area contributed by atoms with Gasteiger partial charge in [0.05, 0.1) is 12.6 Å². The van der Waals surface area contributed by atoms with Gasteiger partial charge in [0.1, 0.15) is 5.75 Å². The number of carbonyl (C=O) groups excluding carboxylic acids is 1. The molecule has 1 aliphatic carbocycles. The Morgan fingerprint density at radius 2 is 1.95 bits per heavy atom. The number of hydrogen-bond donors (Lipinski definition) is 1. The van der Waals surface area contributed by atoms with Crippen molar-refractivity contribution in [3.8, 4) is 5.75 Å². The maximum absolute atomic E-state index is 12.0. The van der Waals surface area contributed by atoms with Crippen LogP contribution in [0.1, 0.15) is 45.1 Å². The van der Waals surface area contributed by atoms with E-state index in [4.69, 9.17) is 4.74 Å². The number of nitrogens with one attached hydrogen (secondary N) is 1. The Hall–Kier alpha value is -1.51. The van der Waals surface area contributed by atoms with Gasteiger partial charge in [-0.1, -0.05) is 26.0 Å². The highest BCUT2D eigenvalue weighted by Gasteiger charge is 2.39. The summed E-state index contributed by atoms with van der Waals surface area (Å²) in [5, 5.41) is 3.24. The Labute approximate surface area is 115 Å². The maximum Gasteiger partial charge on any atom is 0.220 e. The molecular weight excluding hydrogens is 238 g/mol. The molecule has 0 saturated heterocycles. The molecule has 1 N–H and O–H groups in total. The van der Waals surface area contributed by atoms with Crippen LogP contribution in [0.15, 0.2) is 24.3 Å². The Balaban J connectivity index is 2.10. The van der Waals surface area contributed by atoms with Gasteiger partial charge in [-0.05, 0) is 42.9 Å². The lowest BCUT2D eigenvalue weighted by atomic mass is 9.71. The standard InChI is InChI=1S/C16H23NO2/c1-12(2)11-15(18)17-16(9-4-10-16)13-5-7-14(19-3)8-6-13/h5-8,12H,4,9-11H2,1-3H3,(H,17,18). The average Bonchev–Trinajstić information content (AvgIpc) is 2.33. The van der Waals surface area contributed by atoms with Crippen LogP contribution in [0.25, 0.3) is 0 Å². The van der Waals surface area contributed by atoms with E-state index in [0.717, 1.165) is 18.6 Å². The fourth-order valence-electron chi connectivity index (χ4n) is 2.61. The lowest BCUT2D eigenvalue weighted by Gasteiger charge is -2.43. The molecular formula is C16H23NO2. The third-order valence-corrected chi connectivity index (χ3v) is 3.82. The lowest BCUT2D eigenvalue weighted by molar-refractivity contribution is -0.125. The minimum atomic E-state index is -0.141. The second kappa shape index (κ2) is 5.64. The van der Waals surface area contributed by atoms with E-state index in [0.29, 0.717) is 12.3 Å². The number of carbonyl (C=O) groups is 1. The molecule has 0 bridgehead atoms. The second-order valence-electron chi connectivity index (χ2n) is 5.81. The van der Waals surface area contributed by atoms with Gasteiger partial charge in [-0.15, -0.1) is 0 Å². The fraction of sp³-hybridized carbons (Fsp3) is 0.562. The highest BCUT2D eigenvalue weighted by molar-refractivity contribution is 5.77. The van der Waals surface area contributed by atoms with E-state index in [1.165, 1.54) is 12.0 Å². The van der Waals surface area contributed by atoms with Crippen molar-refractivity contribution < 1.29 is 9.53 Å². The quantitative estimate of drug-likeness (QED) is 0.883. The normalized spacial score (nSPS) is 16.8. The van der Waals surface area contributed by atoms with Gasteiger partial charge in [-0.3, -0.25) is 4.79 Å². The molecule has 3 nitrogen and oxygen atoms in total. The van der Waals surface area contributed by atoms with E-state index in [-0.39, 0.29) is 11.4 Å². The summed E-state index contributed by atoms with van der Waals surface area (Å²) >= 11 is 0. The zero-order valence-corrected chi connectivity index (χ0v) is 12.0. The van der Waals surface area contributed by atoms with E-state index in [1.54, 1.807) is 7.11 Å². The molecule has 0 unspecified atom stereocenters. The number of amides is 1. The predicted octanol–water partition coefficient (Wildman–Crippen LogP) is 3.24. The van der Waals surface area contributed by atoms with Gasteiger partial charge in [0.25, 0.3) is 0 Å². The van der Waals surface area contributed by atoms with Crippen molar-refractivity contribution in [3.63, 3.8) is 0 Å². The first-order valence-corrected chi connectivity index (χ1v) is 7.01. The minimum absolute atomic E-state index is 0.141. The summed E-state index contributed by atoms with van der Waals surface area (Å²) in [6, 6.07) is 8.05. The average molecular weight is 261 g/mol. The van der Waals surface area contributed by atoms with Gasteiger partial charge in [-0.2, -0.15) is 0 Å². The summed E-state index contributed by atoms with van der Waals surface area (Å²) < 4.78 is 5.18. The molecule has 3 heteroatoms. The maximum atomic E-state index is 12.0. The van der Waals surface area contributed by atoms with Gasteiger partial charge < -0.3 is 10.1 Å². The van der Waals surface area contributed by atoms with E-state index < -0.39 is 0 Å². The minimum Gasteiger partial charge on any atom is -0.497 e. The van der Waals surface area contributed by atoms with Gasteiger partial charge in [0, 0.05) is 6.42 Å². The van der Waals surface area contributed by atoms with Crippen molar-refractivity contribution >= 4 is 5.91 Å². The molecule has 0 spiro atoms. The summed E-state index contributed by atoms with van der Waals surface area (Å²) in [7, 11) is 1.67. The summed E-state index contributed by atoms with van der Waals surface area (Å²) in [6.45, 7) is 4.14. The van der Waals surface area contributed by atoms with E-state index in [2.05, 4.69) is 31.3 Å². The topological polar surface area (TPSA) is 38.3 Å². The SMILES string of the molecule is COc1ccc(C2(NC(=O)CC(C)C)CCC2)cc1. The van der Waals surface area contributed by atoms with Crippen LogP contribution in [0, 0.1) is 5.92 Å². The number of benzene rings is 1. The van der Waals surface area contributed by atoms with Crippen molar-refractivity contribution in [3.05, 3.63) is 29.8 Å². The van der Waals surface area contributed by atoms with Crippen LogP contribution >= 0.6 is 0 Å². The van der Waals surface area contributed by atoms with Crippen molar-refractivity contribution in [2.45, 2.75) is 45.1 Å². The van der Waals surface area contributed by atoms with E-state index >= 15 is 0 Å². The summed E-state index contributed by atoms with van der Waals surface area (Å²) in [6.07, 6.45) is 3.83. The highest BCUT2D eigenvalue weighted by atomic mass is 16.5. The lowest BCUT2D eigenvalue weighted by Crippen LogP contribution is -2.51. The van der Waals surface area contributed by atoms with Gasteiger partial charge in [0.15, 0.2) is 0 Å². The van der Waals surface area contributed by atoms with Crippen LogP contribution in [0.5, 0.6) is 5.75 Å². The second-order valence-corrected chi connectivity index (χ2v) is 5.81. The van der Waals surface area contributed by atoms with Crippen LogP contribution in [0.2, 0.25) is 0 Å². The summed E-state index contributed by atoms with van der Waals surface area (Å²) in [5.74, 6) is 1.41.